The van der Waals surface area contributed by atoms with Gasteiger partial charge in [-0.05, 0) is 24.3 Å². The number of para-hydroxylation sites is 2. The zero-order chi connectivity index (χ0) is 15.1. The lowest BCUT2D eigenvalue weighted by Gasteiger charge is -2.19. The summed E-state index contributed by atoms with van der Waals surface area (Å²) in [6, 6.07) is 18.9. The van der Waals surface area contributed by atoms with E-state index >= 15 is 0 Å². The van der Waals surface area contributed by atoms with E-state index in [-0.39, 0.29) is 0 Å². The van der Waals surface area contributed by atoms with Crippen LogP contribution in [0.2, 0.25) is 0 Å². The molecule has 0 saturated carbocycles. The minimum absolute atomic E-state index is 0.566. The lowest BCUT2D eigenvalue weighted by molar-refractivity contribution is 0.453. The molecular formula is C18H11F2OS+. The Labute approximate surface area is 129 Å². The number of hydrogen-bond donors (Lipinski definition) is 0. The zero-order valence-electron chi connectivity index (χ0n) is 11.4. The number of hydrogen-bond acceptors (Lipinski definition) is 1. The van der Waals surface area contributed by atoms with Gasteiger partial charge in [0.25, 0.3) is 0 Å². The maximum Gasteiger partial charge on any atom is 0.209 e. The number of rotatable bonds is 1. The van der Waals surface area contributed by atoms with E-state index in [0.717, 1.165) is 27.4 Å². The summed E-state index contributed by atoms with van der Waals surface area (Å²) in [6.07, 6.45) is 0. The Kier molecular flexibility index (Phi) is 3.12. The lowest BCUT2D eigenvalue weighted by atomic mass is 10.3. The summed E-state index contributed by atoms with van der Waals surface area (Å²) in [4.78, 5) is 2.48. The predicted octanol–water partition coefficient (Wildman–Crippen LogP) is 5.17. The van der Waals surface area contributed by atoms with Crippen molar-refractivity contribution in [2.45, 2.75) is 14.7 Å². The first-order valence-corrected chi connectivity index (χ1v) is 8.01. The van der Waals surface area contributed by atoms with Crippen molar-refractivity contribution in [3.63, 3.8) is 0 Å². The van der Waals surface area contributed by atoms with Gasteiger partial charge in [0.15, 0.2) is 16.4 Å². The molecule has 0 spiro atoms. The normalized spacial score (nSPS) is 13.2. The van der Waals surface area contributed by atoms with Crippen LogP contribution < -0.4 is 4.74 Å². The van der Waals surface area contributed by atoms with Gasteiger partial charge in [-0.25, -0.2) is 8.78 Å². The van der Waals surface area contributed by atoms with Crippen LogP contribution in [0.1, 0.15) is 0 Å². The Balaban J connectivity index is 1.98. The van der Waals surface area contributed by atoms with E-state index in [1.165, 1.54) is 12.1 Å². The second-order valence-corrected chi connectivity index (χ2v) is 6.87. The smallest absolute Gasteiger partial charge is 0.209 e. The summed E-state index contributed by atoms with van der Waals surface area (Å²) in [5, 5.41) is 0. The highest BCUT2D eigenvalue weighted by atomic mass is 32.2. The molecule has 1 aliphatic rings. The van der Waals surface area contributed by atoms with Crippen LogP contribution in [-0.4, -0.2) is 0 Å². The lowest BCUT2D eigenvalue weighted by Crippen LogP contribution is -2.12. The summed E-state index contributed by atoms with van der Waals surface area (Å²) in [7, 11) is -0.583. The second-order valence-electron chi connectivity index (χ2n) is 4.91. The summed E-state index contributed by atoms with van der Waals surface area (Å²) in [5.41, 5.74) is 0. The molecule has 1 aliphatic heterocycles. The highest BCUT2D eigenvalue weighted by Gasteiger charge is 2.39. The summed E-state index contributed by atoms with van der Waals surface area (Å²) < 4.78 is 33.2. The molecule has 1 heterocycles. The molecule has 0 aromatic heterocycles. The van der Waals surface area contributed by atoms with E-state index in [1.807, 2.05) is 48.5 Å². The van der Waals surface area contributed by atoms with Crippen LogP contribution in [0.3, 0.4) is 0 Å². The van der Waals surface area contributed by atoms with Crippen molar-refractivity contribution in [1.82, 2.24) is 0 Å². The van der Waals surface area contributed by atoms with Crippen LogP contribution in [0, 0.1) is 11.6 Å². The van der Waals surface area contributed by atoms with Crippen molar-refractivity contribution < 1.29 is 13.5 Å². The van der Waals surface area contributed by atoms with Crippen LogP contribution >= 0.6 is 0 Å². The van der Waals surface area contributed by atoms with Crippen molar-refractivity contribution in [1.29, 1.82) is 0 Å². The summed E-state index contributed by atoms with van der Waals surface area (Å²) >= 11 is 0. The summed E-state index contributed by atoms with van der Waals surface area (Å²) in [6.45, 7) is 0. The Morgan fingerprint density at radius 1 is 0.682 bits per heavy atom. The van der Waals surface area contributed by atoms with Gasteiger partial charge in [-0.1, -0.05) is 24.3 Å². The minimum Gasteiger partial charge on any atom is -0.447 e. The molecule has 22 heavy (non-hydrogen) atoms. The number of fused-ring (bicyclic) bond motifs is 2. The van der Waals surface area contributed by atoms with E-state index in [2.05, 4.69) is 0 Å². The van der Waals surface area contributed by atoms with Gasteiger partial charge in [-0.3, -0.25) is 0 Å². The van der Waals surface area contributed by atoms with Gasteiger partial charge in [0, 0.05) is 18.2 Å². The molecule has 0 saturated heterocycles. The van der Waals surface area contributed by atoms with Gasteiger partial charge in [0.2, 0.25) is 9.79 Å². The quantitative estimate of drug-likeness (QED) is 0.441. The molecule has 0 radical (unpaired) electrons. The Bertz CT molecular complexity index is 797. The molecule has 0 unspecified atom stereocenters. The third-order valence-electron chi connectivity index (χ3n) is 3.43. The van der Waals surface area contributed by atoms with E-state index in [0.29, 0.717) is 4.90 Å². The van der Waals surface area contributed by atoms with Gasteiger partial charge in [0.1, 0.15) is 22.5 Å². The molecule has 1 nitrogen and oxygen atoms in total. The average Bonchev–Trinajstić information content (AvgIpc) is 2.51. The predicted molar refractivity (Wildman–Crippen MR) is 81.5 cm³/mol. The third-order valence-corrected chi connectivity index (χ3v) is 5.69. The molecule has 4 heteroatoms. The molecule has 0 bridgehead atoms. The molecule has 0 fully saturated rings. The van der Waals surface area contributed by atoms with Gasteiger partial charge >= 0.3 is 0 Å². The zero-order valence-corrected chi connectivity index (χ0v) is 12.2. The second kappa shape index (κ2) is 5.14. The Hall–Kier alpha value is -2.33. The van der Waals surface area contributed by atoms with Crippen molar-refractivity contribution in [2.75, 3.05) is 0 Å². The Morgan fingerprint density at radius 2 is 1.18 bits per heavy atom. The maximum atomic E-state index is 13.7. The van der Waals surface area contributed by atoms with Gasteiger partial charge in [0.05, 0.1) is 0 Å². The van der Waals surface area contributed by atoms with Crippen LogP contribution in [0.15, 0.2) is 81.4 Å². The SMILES string of the molecule is Fc1cc(F)cc([S+]2c3ccccc3Oc3ccccc32)c1. The fourth-order valence-electron chi connectivity index (χ4n) is 2.54. The molecule has 0 atom stereocenters. The molecule has 0 N–H and O–H groups in total. The Morgan fingerprint density at radius 3 is 1.73 bits per heavy atom. The van der Waals surface area contributed by atoms with Crippen LogP contribution in [-0.2, 0) is 10.9 Å². The maximum absolute atomic E-state index is 13.7. The molecule has 0 amide bonds. The fourth-order valence-corrected chi connectivity index (χ4v) is 4.80. The van der Waals surface area contributed by atoms with Crippen molar-refractivity contribution in [2.24, 2.45) is 0 Å². The third kappa shape index (κ3) is 2.16. The van der Waals surface area contributed by atoms with E-state index < -0.39 is 22.5 Å². The molecule has 0 aliphatic carbocycles. The monoisotopic (exact) mass is 313 g/mol. The van der Waals surface area contributed by atoms with Crippen molar-refractivity contribution in [3.8, 4) is 11.5 Å². The highest BCUT2D eigenvalue weighted by molar-refractivity contribution is 7.97. The van der Waals surface area contributed by atoms with Crippen molar-refractivity contribution in [3.05, 3.63) is 78.4 Å². The van der Waals surface area contributed by atoms with E-state index in [1.54, 1.807) is 0 Å². The highest BCUT2D eigenvalue weighted by Crippen LogP contribution is 2.46. The fraction of sp³-hybridized carbons (Fsp3) is 0. The van der Waals surface area contributed by atoms with Gasteiger partial charge < -0.3 is 4.74 Å². The van der Waals surface area contributed by atoms with Crippen molar-refractivity contribution >= 4 is 10.9 Å². The first-order valence-electron chi connectivity index (χ1n) is 6.79. The molecule has 108 valence electrons. The van der Waals surface area contributed by atoms with Crippen LogP contribution in [0.4, 0.5) is 8.78 Å². The minimum atomic E-state index is -0.583. The number of halogens is 2. The standard InChI is InChI=1S/C18H11F2OS/c19-12-9-13(20)11-14(10-12)22-17-7-3-1-5-15(17)21-16-6-2-4-8-18(16)22/h1-11H/q+1. The number of benzene rings is 3. The largest absolute Gasteiger partial charge is 0.447 e. The van der Waals surface area contributed by atoms with Gasteiger partial charge in [-0.15, -0.1) is 0 Å². The first-order chi connectivity index (χ1) is 10.7. The van der Waals surface area contributed by atoms with Crippen LogP contribution in [0.25, 0.3) is 0 Å². The molecule has 3 aromatic rings. The van der Waals surface area contributed by atoms with Crippen LogP contribution in [0.5, 0.6) is 11.5 Å². The molecular weight excluding hydrogens is 302 g/mol. The first kappa shape index (κ1) is 13.3. The van der Waals surface area contributed by atoms with Gasteiger partial charge in [-0.2, -0.15) is 0 Å². The molecule has 4 rings (SSSR count). The van der Waals surface area contributed by atoms with E-state index in [9.17, 15) is 8.78 Å². The molecule has 3 aromatic carbocycles. The number of ether oxygens (including phenoxy) is 1. The average molecular weight is 313 g/mol. The van der Waals surface area contributed by atoms with E-state index in [4.69, 9.17) is 4.74 Å². The summed E-state index contributed by atoms with van der Waals surface area (Å²) in [5.74, 6) is 0.330. The topological polar surface area (TPSA) is 9.23 Å².